The van der Waals surface area contributed by atoms with Crippen LogP contribution in [0.1, 0.15) is 46.2 Å². The Morgan fingerprint density at radius 1 is 1.22 bits per heavy atom. The Morgan fingerprint density at radius 2 is 1.78 bits per heavy atom. The Kier molecular flexibility index (Phi) is 3.35. The molecule has 3 heteroatoms. The number of rotatable bonds is 3. The maximum absolute atomic E-state index is 13.8. The summed E-state index contributed by atoms with van der Waals surface area (Å²) in [4.78, 5) is 0. The first-order valence-electron chi connectivity index (χ1n) is 6.39. The molecule has 0 radical (unpaired) electrons. The molecule has 1 aromatic rings. The Morgan fingerprint density at radius 3 is 2.28 bits per heavy atom. The third kappa shape index (κ3) is 2.12. The average molecular weight is 314 g/mol. The van der Waals surface area contributed by atoms with E-state index in [1.165, 1.54) is 6.07 Å². The lowest BCUT2D eigenvalue weighted by molar-refractivity contribution is 0.457. The smallest absolute Gasteiger partial charge is 0.128 e. The van der Waals surface area contributed by atoms with Crippen LogP contribution in [0.2, 0.25) is 0 Å². The van der Waals surface area contributed by atoms with Crippen molar-refractivity contribution in [1.29, 1.82) is 0 Å². The molecule has 0 heterocycles. The summed E-state index contributed by atoms with van der Waals surface area (Å²) in [6.45, 7) is 11.1. The molecule has 0 amide bonds. The second-order valence-electron chi connectivity index (χ2n) is 6.43. The van der Waals surface area contributed by atoms with Crippen molar-refractivity contribution in [2.45, 2.75) is 46.7 Å². The molecular weight excluding hydrogens is 293 g/mol. The number of hydrogen-bond donors (Lipinski definition) is 1. The molecule has 1 atom stereocenters. The first kappa shape index (κ1) is 14.0. The van der Waals surface area contributed by atoms with Crippen LogP contribution in [0.4, 0.5) is 4.39 Å². The monoisotopic (exact) mass is 313 g/mol. The van der Waals surface area contributed by atoms with Crippen LogP contribution in [0.25, 0.3) is 0 Å². The topological polar surface area (TPSA) is 12.0 Å². The summed E-state index contributed by atoms with van der Waals surface area (Å²) in [5, 5.41) is 3.56. The van der Waals surface area contributed by atoms with Gasteiger partial charge in [-0.2, -0.15) is 0 Å². The van der Waals surface area contributed by atoms with Gasteiger partial charge in [-0.25, -0.2) is 4.39 Å². The molecule has 0 bridgehead atoms. The molecule has 1 N–H and O–H groups in total. The fourth-order valence-corrected chi connectivity index (χ4v) is 3.18. The predicted octanol–water partition coefficient (Wildman–Crippen LogP) is 4.67. The van der Waals surface area contributed by atoms with Crippen molar-refractivity contribution >= 4 is 15.9 Å². The number of nitrogens with one attached hydrogen (secondary N) is 1. The minimum absolute atomic E-state index is 0.0218. The highest BCUT2D eigenvalue weighted by Gasteiger charge is 2.64. The van der Waals surface area contributed by atoms with Gasteiger partial charge in [0.1, 0.15) is 5.82 Å². The maximum atomic E-state index is 13.8. The highest BCUT2D eigenvalue weighted by Crippen LogP contribution is 2.63. The minimum atomic E-state index is -0.144. The van der Waals surface area contributed by atoms with E-state index in [1.807, 2.05) is 13.0 Å². The fraction of sp³-hybridized carbons (Fsp3) is 0.600. The second-order valence-corrected chi connectivity index (χ2v) is 7.35. The Hall–Kier alpha value is -0.410. The van der Waals surface area contributed by atoms with Gasteiger partial charge in [-0.05, 0) is 36.0 Å². The van der Waals surface area contributed by atoms with Crippen LogP contribution in [0.15, 0.2) is 22.7 Å². The molecule has 18 heavy (non-hydrogen) atoms. The largest absolute Gasteiger partial charge is 0.306 e. The van der Waals surface area contributed by atoms with Crippen LogP contribution >= 0.6 is 15.9 Å². The number of benzene rings is 1. The van der Waals surface area contributed by atoms with Gasteiger partial charge in [0.2, 0.25) is 0 Å². The van der Waals surface area contributed by atoms with E-state index in [0.29, 0.717) is 6.04 Å². The van der Waals surface area contributed by atoms with Gasteiger partial charge in [0.25, 0.3) is 0 Å². The van der Waals surface area contributed by atoms with Crippen molar-refractivity contribution in [3.63, 3.8) is 0 Å². The van der Waals surface area contributed by atoms with Gasteiger partial charge in [-0.15, -0.1) is 0 Å². The molecule has 2 rings (SSSR count). The fourth-order valence-electron chi connectivity index (χ4n) is 2.80. The summed E-state index contributed by atoms with van der Waals surface area (Å²) in [5.41, 5.74) is 1.26. The van der Waals surface area contributed by atoms with Crippen LogP contribution in [-0.2, 0) is 0 Å². The lowest BCUT2D eigenvalue weighted by atomic mass is 10.0. The normalized spacial score (nSPS) is 22.8. The van der Waals surface area contributed by atoms with Gasteiger partial charge in [0, 0.05) is 22.1 Å². The SMILES string of the molecule is CC(NC1C(C)(C)C1(C)C)c1cc(Br)ccc1F. The molecule has 1 nitrogen and oxygen atoms in total. The van der Waals surface area contributed by atoms with Gasteiger partial charge < -0.3 is 5.32 Å². The van der Waals surface area contributed by atoms with E-state index in [1.54, 1.807) is 6.07 Å². The van der Waals surface area contributed by atoms with Crippen LogP contribution in [0.5, 0.6) is 0 Å². The Labute approximate surface area is 117 Å². The van der Waals surface area contributed by atoms with E-state index in [-0.39, 0.29) is 22.7 Å². The molecule has 0 aliphatic heterocycles. The number of halogens is 2. The molecule has 1 unspecified atom stereocenters. The molecule has 1 fully saturated rings. The van der Waals surface area contributed by atoms with Crippen LogP contribution in [-0.4, -0.2) is 6.04 Å². The third-order valence-corrected chi connectivity index (χ3v) is 5.36. The molecule has 1 aromatic carbocycles. The van der Waals surface area contributed by atoms with E-state index in [2.05, 4.69) is 48.9 Å². The standard InChI is InChI=1S/C15H21BrFN/c1-9(11-8-10(16)6-7-12(11)17)18-13-14(2,3)15(13,4)5/h6-9,13,18H,1-5H3. The summed E-state index contributed by atoms with van der Waals surface area (Å²) >= 11 is 3.40. The van der Waals surface area contributed by atoms with Crippen molar-refractivity contribution in [2.24, 2.45) is 10.8 Å². The van der Waals surface area contributed by atoms with Gasteiger partial charge >= 0.3 is 0 Å². The minimum Gasteiger partial charge on any atom is -0.306 e. The average Bonchev–Trinajstić information content (AvgIpc) is 2.64. The van der Waals surface area contributed by atoms with Gasteiger partial charge in [-0.3, -0.25) is 0 Å². The quantitative estimate of drug-likeness (QED) is 0.854. The highest BCUT2D eigenvalue weighted by atomic mass is 79.9. The molecule has 0 spiro atoms. The summed E-state index contributed by atoms with van der Waals surface area (Å²) in [6.07, 6.45) is 0. The van der Waals surface area contributed by atoms with Crippen LogP contribution in [0.3, 0.4) is 0 Å². The summed E-state index contributed by atoms with van der Waals surface area (Å²) in [6, 6.07) is 5.55. The number of hydrogen-bond acceptors (Lipinski definition) is 1. The first-order chi connectivity index (χ1) is 8.18. The van der Waals surface area contributed by atoms with Crippen molar-refractivity contribution < 1.29 is 4.39 Å². The van der Waals surface area contributed by atoms with E-state index < -0.39 is 0 Å². The zero-order valence-corrected chi connectivity index (χ0v) is 13.2. The molecule has 100 valence electrons. The zero-order chi connectivity index (χ0) is 13.7. The lowest BCUT2D eigenvalue weighted by Gasteiger charge is -2.17. The third-order valence-electron chi connectivity index (χ3n) is 4.86. The highest BCUT2D eigenvalue weighted by molar-refractivity contribution is 9.10. The predicted molar refractivity (Wildman–Crippen MR) is 77.0 cm³/mol. The molecule has 1 aliphatic rings. The van der Waals surface area contributed by atoms with Crippen LogP contribution in [0, 0.1) is 16.6 Å². The maximum Gasteiger partial charge on any atom is 0.128 e. The molecule has 0 aromatic heterocycles. The second kappa shape index (κ2) is 4.31. The summed E-state index contributed by atoms with van der Waals surface area (Å²) in [7, 11) is 0. The first-order valence-corrected chi connectivity index (χ1v) is 7.18. The Balaban J connectivity index is 2.14. The summed E-state index contributed by atoms with van der Waals surface area (Å²) in [5.74, 6) is -0.144. The van der Waals surface area contributed by atoms with Crippen molar-refractivity contribution in [2.75, 3.05) is 0 Å². The van der Waals surface area contributed by atoms with E-state index in [9.17, 15) is 4.39 Å². The molecule has 1 aliphatic carbocycles. The van der Waals surface area contributed by atoms with Gasteiger partial charge in [0.15, 0.2) is 0 Å². The van der Waals surface area contributed by atoms with Crippen molar-refractivity contribution in [3.05, 3.63) is 34.1 Å². The molecule has 1 saturated carbocycles. The van der Waals surface area contributed by atoms with E-state index >= 15 is 0 Å². The van der Waals surface area contributed by atoms with E-state index in [4.69, 9.17) is 0 Å². The zero-order valence-electron chi connectivity index (χ0n) is 11.6. The molecule has 0 saturated heterocycles. The molecular formula is C15H21BrFN. The summed E-state index contributed by atoms with van der Waals surface area (Å²) < 4.78 is 14.7. The lowest BCUT2D eigenvalue weighted by Crippen LogP contribution is -2.26. The van der Waals surface area contributed by atoms with Gasteiger partial charge in [0.05, 0.1) is 0 Å². The van der Waals surface area contributed by atoms with Gasteiger partial charge in [-0.1, -0.05) is 43.6 Å². The van der Waals surface area contributed by atoms with Crippen molar-refractivity contribution in [1.82, 2.24) is 5.32 Å². The van der Waals surface area contributed by atoms with Crippen molar-refractivity contribution in [3.8, 4) is 0 Å². The van der Waals surface area contributed by atoms with E-state index in [0.717, 1.165) is 10.0 Å². The van der Waals surface area contributed by atoms with Crippen LogP contribution < -0.4 is 5.32 Å². The Bertz CT molecular complexity index is 454.